The van der Waals surface area contributed by atoms with E-state index in [0.717, 1.165) is 37.1 Å². The SMILES string of the molecule is COc1ccc(/C=C/c2nn3c(-c4ccc(Br)cc4)nnc3s2)cc1. The van der Waals surface area contributed by atoms with Gasteiger partial charge in [0.05, 0.1) is 7.11 Å². The van der Waals surface area contributed by atoms with Gasteiger partial charge in [0, 0.05) is 10.0 Å². The van der Waals surface area contributed by atoms with Crippen molar-refractivity contribution in [3.63, 3.8) is 0 Å². The van der Waals surface area contributed by atoms with Crippen LogP contribution < -0.4 is 4.74 Å². The summed E-state index contributed by atoms with van der Waals surface area (Å²) in [6.07, 6.45) is 4.00. The number of fused-ring (bicyclic) bond motifs is 1. The molecule has 4 rings (SSSR count). The van der Waals surface area contributed by atoms with Gasteiger partial charge in [-0.1, -0.05) is 57.6 Å². The smallest absolute Gasteiger partial charge is 0.235 e. The maximum absolute atomic E-state index is 5.17. The van der Waals surface area contributed by atoms with Crippen LogP contribution in [0.5, 0.6) is 5.75 Å². The number of ether oxygens (including phenoxy) is 1. The molecular weight excluding hydrogens is 400 g/mol. The first-order valence-corrected chi connectivity index (χ1v) is 9.14. The molecule has 0 fully saturated rings. The van der Waals surface area contributed by atoms with Crippen molar-refractivity contribution in [2.24, 2.45) is 0 Å². The van der Waals surface area contributed by atoms with Gasteiger partial charge in [-0.2, -0.15) is 9.61 Å². The predicted octanol–water partition coefficient (Wildman–Crippen LogP) is 4.79. The first-order valence-electron chi connectivity index (χ1n) is 7.53. The summed E-state index contributed by atoms with van der Waals surface area (Å²) in [7, 11) is 1.66. The second-order valence-corrected chi connectivity index (χ2v) is 7.17. The molecule has 0 amide bonds. The number of benzene rings is 2. The molecule has 0 aliphatic carbocycles. The Hall–Kier alpha value is -2.51. The number of methoxy groups -OCH3 is 1. The molecule has 0 spiro atoms. The summed E-state index contributed by atoms with van der Waals surface area (Å²) in [6, 6.07) is 15.8. The quantitative estimate of drug-likeness (QED) is 0.483. The van der Waals surface area contributed by atoms with E-state index in [0.29, 0.717) is 0 Å². The molecule has 0 N–H and O–H groups in total. The molecule has 7 heteroatoms. The highest BCUT2D eigenvalue weighted by molar-refractivity contribution is 9.10. The molecule has 124 valence electrons. The minimum absolute atomic E-state index is 0.739. The summed E-state index contributed by atoms with van der Waals surface area (Å²) in [5.74, 6) is 1.58. The standard InChI is InChI=1S/C18H13BrN4OS/c1-24-15-9-2-12(3-10-15)4-11-16-22-23-17(20-21-18(23)25-16)13-5-7-14(19)8-6-13/h2-11H,1H3/b11-4+. The number of hydrogen-bond donors (Lipinski definition) is 0. The van der Waals surface area contributed by atoms with E-state index < -0.39 is 0 Å². The van der Waals surface area contributed by atoms with Gasteiger partial charge >= 0.3 is 0 Å². The molecule has 0 radical (unpaired) electrons. The summed E-state index contributed by atoms with van der Waals surface area (Å²) in [6.45, 7) is 0. The van der Waals surface area contributed by atoms with E-state index in [1.807, 2.05) is 60.7 Å². The van der Waals surface area contributed by atoms with Gasteiger partial charge in [-0.25, -0.2) is 0 Å². The molecule has 25 heavy (non-hydrogen) atoms. The highest BCUT2D eigenvalue weighted by atomic mass is 79.9. The fourth-order valence-corrected chi connectivity index (χ4v) is 3.37. The third-order valence-corrected chi connectivity index (χ3v) is 5.04. The summed E-state index contributed by atoms with van der Waals surface area (Å²) in [5, 5.41) is 13.9. The van der Waals surface area contributed by atoms with Crippen molar-refractivity contribution in [1.29, 1.82) is 0 Å². The van der Waals surface area contributed by atoms with Crippen LogP contribution in [0.2, 0.25) is 0 Å². The molecule has 0 unspecified atom stereocenters. The minimum atomic E-state index is 0.739. The number of nitrogens with zero attached hydrogens (tertiary/aromatic N) is 4. The Balaban J connectivity index is 1.63. The molecule has 0 saturated carbocycles. The molecular formula is C18H13BrN4OS. The second kappa shape index (κ2) is 6.78. The zero-order valence-electron chi connectivity index (χ0n) is 13.3. The largest absolute Gasteiger partial charge is 0.497 e. The minimum Gasteiger partial charge on any atom is -0.497 e. The molecule has 2 aromatic carbocycles. The van der Waals surface area contributed by atoms with Crippen molar-refractivity contribution >= 4 is 44.4 Å². The first kappa shape index (κ1) is 16.0. The van der Waals surface area contributed by atoms with Crippen molar-refractivity contribution in [2.45, 2.75) is 0 Å². The van der Waals surface area contributed by atoms with Crippen molar-refractivity contribution in [3.05, 3.63) is 63.6 Å². The zero-order chi connectivity index (χ0) is 17.2. The van der Waals surface area contributed by atoms with E-state index in [2.05, 4.69) is 31.2 Å². The molecule has 0 bridgehead atoms. The van der Waals surface area contributed by atoms with Gasteiger partial charge in [0.15, 0.2) is 5.82 Å². The third-order valence-electron chi connectivity index (χ3n) is 3.64. The predicted molar refractivity (Wildman–Crippen MR) is 104 cm³/mol. The average molecular weight is 413 g/mol. The van der Waals surface area contributed by atoms with E-state index >= 15 is 0 Å². The van der Waals surface area contributed by atoms with Crippen molar-refractivity contribution < 1.29 is 4.74 Å². The van der Waals surface area contributed by atoms with E-state index in [4.69, 9.17) is 4.74 Å². The lowest BCUT2D eigenvalue weighted by Gasteiger charge is -1.98. The lowest BCUT2D eigenvalue weighted by Crippen LogP contribution is -1.90. The van der Waals surface area contributed by atoms with Gasteiger partial charge in [-0.15, -0.1) is 10.2 Å². The van der Waals surface area contributed by atoms with Crippen LogP contribution in [0.3, 0.4) is 0 Å². The van der Waals surface area contributed by atoms with Crippen LogP contribution in [0.1, 0.15) is 10.6 Å². The van der Waals surface area contributed by atoms with Gasteiger partial charge in [0.1, 0.15) is 10.8 Å². The number of aromatic nitrogens is 4. The third kappa shape index (κ3) is 3.33. The second-order valence-electron chi connectivity index (χ2n) is 5.27. The molecule has 0 atom stereocenters. The van der Waals surface area contributed by atoms with E-state index in [1.165, 1.54) is 11.3 Å². The fourth-order valence-electron chi connectivity index (χ4n) is 2.36. The molecule has 2 aromatic heterocycles. The summed E-state index contributed by atoms with van der Waals surface area (Å²) >= 11 is 4.94. The number of halogens is 1. The summed E-state index contributed by atoms with van der Waals surface area (Å²) in [5.41, 5.74) is 2.06. The highest BCUT2D eigenvalue weighted by Crippen LogP contribution is 2.24. The van der Waals surface area contributed by atoms with Gasteiger partial charge in [-0.3, -0.25) is 0 Å². The molecule has 4 aromatic rings. The van der Waals surface area contributed by atoms with E-state index in [1.54, 1.807) is 11.6 Å². The lowest BCUT2D eigenvalue weighted by molar-refractivity contribution is 0.415. The van der Waals surface area contributed by atoms with Crippen LogP contribution >= 0.6 is 27.3 Å². The Morgan fingerprint density at radius 3 is 2.48 bits per heavy atom. The molecule has 5 nitrogen and oxygen atoms in total. The fraction of sp³-hybridized carbons (Fsp3) is 0.0556. The van der Waals surface area contributed by atoms with Crippen LogP contribution in [0.25, 0.3) is 28.5 Å². The van der Waals surface area contributed by atoms with Crippen LogP contribution in [-0.4, -0.2) is 26.9 Å². The van der Waals surface area contributed by atoms with E-state index in [9.17, 15) is 0 Å². The first-order chi connectivity index (χ1) is 12.2. The Morgan fingerprint density at radius 1 is 1.00 bits per heavy atom. The van der Waals surface area contributed by atoms with Gasteiger partial charge < -0.3 is 4.74 Å². The van der Waals surface area contributed by atoms with Crippen molar-refractivity contribution in [3.8, 4) is 17.1 Å². The van der Waals surface area contributed by atoms with Crippen LogP contribution in [0.4, 0.5) is 0 Å². The lowest BCUT2D eigenvalue weighted by atomic mass is 10.2. The van der Waals surface area contributed by atoms with Gasteiger partial charge in [0.2, 0.25) is 4.96 Å². The van der Waals surface area contributed by atoms with Gasteiger partial charge in [-0.05, 0) is 35.9 Å². The topological polar surface area (TPSA) is 52.3 Å². The number of hydrogen-bond acceptors (Lipinski definition) is 5. The summed E-state index contributed by atoms with van der Waals surface area (Å²) in [4.78, 5) is 0.771. The Morgan fingerprint density at radius 2 is 1.76 bits per heavy atom. The van der Waals surface area contributed by atoms with Crippen LogP contribution in [-0.2, 0) is 0 Å². The Bertz CT molecular complexity index is 1040. The van der Waals surface area contributed by atoms with Crippen LogP contribution in [0.15, 0.2) is 53.0 Å². The van der Waals surface area contributed by atoms with Crippen molar-refractivity contribution in [2.75, 3.05) is 7.11 Å². The Labute approximate surface area is 156 Å². The maximum Gasteiger partial charge on any atom is 0.235 e. The van der Waals surface area contributed by atoms with E-state index in [-0.39, 0.29) is 0 Å². The summed E-state index contributed by atoms with van der Waals surface area (Å²) < 4.78 is 7.97. The molecule has 0 aliphatic heterocycles. The monoisotopic (exact) mass is 412 g/mol. The molecule has 0 aliphatic rings. The normalized spacial score (nSPS) is 11.4. The average Bonchev–Trinajstić information content (AvgIpc) is 3.21. The molecule has 2 heterocycles. The molecule has 0 saturated heterocycles. The van der Waals surface area contributed by atoms with Crippen molar-refractivity contribution in [1.82, 2.24) is 19.8 Å². The Kier molecular flexibility index (Phi) is 4.33. The zero-order valence-corrected chi connectivity index (χ0v) is 15.7. The highest BCUT2D eigenvalue weighted by Gasteiger charge is 2.12. The number of rotatable bonds is 4. The maximum atomic E-state index is 5.17. The van der Waals surface area contributed by atoms with Crippen LogP contribution in [0, 0.1) is 0 Å². The van der Waals surface area contributed by atoms with Gasteiger partial charge in [0.25, 0.3) is 0 Å².